The van der Waals surface area contributed by atoms with Gasteiger partial charge in [-0.2, -0.15) is 0 Å². The summed E-state index contributed by atoms with van der Waals surface area (Å²) in [6.45, 7) is 12.7. The second kappa shape index (κ2) is 6.24. The largest absolute Gasteiger partial charge is 0.493 e. The molecule has 1 rings (SSSR count). The van der Waals surface area contributed by atoms with E-state index in [0.717, 1.165) is 18.9 Å². The molecule has 0 saturated heterocycles. The first-order valence-electron chi connectivity index (χ1n) is 6.75. The molecule has 2 heteroatoms. The summed E-state index contributed by atoms with van der Waals surface area (Å²) in [6.07, 6.45) is 0. The minimum Gasteiger partial charge on any atom is -0.493 e. The van der Waals surface area contributed by atoms with E-state index >= 15 is 0 Å². The Labute approximate surface area is 112 Å². The molecule has 102 valence electrons. The lowest BCUT2D eigenvalue weighted by Crippen LogP contribution is -2.15. The Bertz CT molecular complexity index is 377. The molecule has 0 unspecified atom stereocenters. The van der Waals surface area contributed by atoms with Crippen molar-refractivity contribution < 1.29 is 4.74 Å². The van der Waals surface area contributed by atoms with E-state index in [2.05, 4.69) is 58.1 Å². The van der Waals surface area contributed by atoms with Gasteiger partial charge in [0.05, 0.1) is 6.61 Å². The Morgan fingerprint density at radius 3 is 2.39 bits per heavy atom. The topological polar surface area (TPSA) is 21.3 Å². The molecular weight excluding hydrogens is 222 g/mol. The van der Waals surface area contributed by atoms with Crippen LogP contribution in [0.1, 0.15) is 45.7 Å². The summed E-state index contributed by atoms with van der Waals surface area (Å²) in [7, 11) is 1.97. The minimum absolute atomic E-state index is 0.180. The third kappa shape index (κ3) is 4.34. The van der Waals surface area contributed by atoms with Gasteiger partial charge in [0, 0.05) is 12.1 Å². The molecule has 0 radical (unpaired) electrons. The first-order chi connectivity index (χ1) is 8.34. The Balaban J connectivity index is 2.97. The maximum atomic E-state index is 5.88. The molecule has 0 fully saturated rings. The maximum Gasteiger partial charge on any atom is 0.123 e. The van der Waals surface area contributed by atoms with Crippen LogP contribution >= 0.6 is 0 Å². The molecule has 18 heavy (non-hydrogen) atoms. The molecule has 0 aliphatic rings. The Kier molecular flexibility index (Phi) is 5.21. The first-order valence-corrected chi connectivity index (χ1v) is 6.75. The van der Waals surface area contributed by atoms with Crippen molar-refractivity contribution in [3.05, 3.63) is 29.3 Å². The molecule has 0 aliphatic heterocycles. The smallest absolute Gasteiger partial charge is 0.123 e. The van der Waals surface area contributed by atoms with E-state index < -0.39 is 0 Å². The highest BCUT2D eigenvalue weighted by atomic mass is 16.5. The molecule has 0 aliphatic carbocycles. The molecule has 0 spiro atoms. The lowest BCUT2D eigenvalue weighted by Gasteiger charge is -2.22. The third-order valence-corrected chi connectivity index (χ3v) is 2.87. The summed E-state index contributed by atoms with van der Waals surface area (Å²) in [5.74, 6) is 1.56. The molecule has 0 atom stereocenters. The fourth-order valence-corrected chi connectivity index (χ4v) is 1.77. The van der Waals surface area contributed by atoms with E-state index in [1.165, 1.54) is 11.1 Å². The molecule has 1 N–H and O–H groups in total. The Morgan fingerprint density at radius 1 is 1.22 bits per heavy atom. The molecule has 1 aromatic rings. The monoisotopic (exact) mass is 249 g/mol. The van der Waals surface area contributed by atoms with Gasteiger partial charge in [-0.05, 0) is 30.0 Å². The quantitative estimate of drug-likeness (QED) is 0.858. The summed E-state index contributed by atoms with van der Waals surface area (Å²) in [5, 5.41) is 3.21. The van der Waals surface area contributed by atoms with Gasteiger partial charge in [0.1, 0.15) is 5.75 Å². The van der Waals surface area contributed by atoms with Gasteiger partial charge >= 0.3 is 0 Å². The van der Waals surface area contributed by atoms with E-state index in [1.54, 1.807) is 0 Å². The second-order valence-electron chi connectivity index (χ2n) is 6.31. The second-order valence-corrected chi connectivity index (χ2v) is 6.31. The average Bonchev–Trinajstić information content (AvgIpc) is 2.26. The zero-order chi connectivity index (χ0) is 13.8. The van der Waals surface area contributed by atoms with Crippen LogP contribution in [0.2, 0.25) is 0 Å². The van der Waals surface area contributed by atoms with Gasteiger partial charge in [0.2, 0.25) is 0 Å². The average molecular weight is 249 g/mol. The van der Waals surface area contributed by atoms with Crippen molar-refractivity contribution in [1.82, 2.24) is 5.32 Å². The van der Waals surface area contributed by atoms with Crippen LogP contribution in [0.3, 0.4) is 0 Å². The van der Waals surface area contributed by atoms with Crippen LogP contribution in [0.5, 0.6) is 5.75 Å². The van der Waals surface area contributed by atoms with E-state index in [4.69, 9.17) is 4.74 Å². The SMILES string of the molecule is CNCc1cc(C(C)(C)C)ccc1OCC(C)C. The van der Waals surface area contributed by atoms with Gasteiger partial charge in [0.25, 0.3) is 0 Å². The standard InChI is InChI=1S/C16H27NO/c1-12(2)11-18-15-8-7-14(16(3,4)5)9-13(15)10-17-6/h7-9,12,17H,10-11H2,1-6H3. The van der Waals surface area contributed by atoms with Crippen molar-refractivity contribution in [2.24, 2.45) is 5.92 Å². The summed E-state index contributed by atoms with van der Waals surface area (Å²) < 4.78 is 5.88. The Hall–Kier alpha value is -1.02. The van der Waals surface area contributed by atoms with Crippen molar-refractivity contribution >= 4 is 0 Å². The fourth-order valence-electron chi connectivity index (χ4n) is 1.77. The number of hydrogen-bond acceptors (Lipinski definition) is 2. The fraction of sp³-hybridized carbons (Fsp3) is 0.625. The summed E-state index contributed by atoms with van der Waals surface area (Å²) in [5.41, 5.74) is 2.77. The molecule has 2 nitrogen and oxygen atoms in total. The highest BCUT2D eigenvalue weighted by Gasteiger charge is 2.15. The number of benzene rings is 1. The van der Waals surface area contributed by atoms with E-state index in [0.29, 0.717) is 5.92 Å². The zero-order valence-corrected chi connectivity index (χ0v) is 12.6. The van der Waals surface area contributed by atoms with Crippen molar-refractivity contribution in [1.29, 1.82) is 0 Å². The van der Waals surface area contributed by atoms with Crippen molar-refractivity contribution in [2.45, 2.75) is 46.6 Å². The normalized spacial score (nSPS) is 11.9. The van der Waals surface area contributed by atoms with Crippen molar-refractivity contribution in [3.63, 3.8) is 0 Å². The summed E-state index contributed by atoms with van der Waals surface area (Å²) in [6, 6.07) is 6.54. The number of rotatable bonds is 5. The highest BCUT2D eigenvalue weighted by molar-refractivity contribution is 5.39. The third-order valence-electron chi connectivity index (χ3n) is 2.87. The molecular formula is C16H27NO. The molecule has 1 aromatic carbocycles. The van der Waals surface area contributed by atoms with Crippen LogP contribution in [0.25, 0.3) is 0 Å². The van der Waals surface area contributed by atoms with Gasteiger partial charge in [-0.3, -0.25) is 0 Å². The van der Waals surface area contributed by atoms with Gasteiger partial charge in [-0.15, -0.1) is 0 Å². The number of hydrogen-bond donors (Lipinski definition) is 1. The number of nitrogens with one attached hydrogen (secondary N) is 1. The van der Waals surface area contributed by atoms with Gasteiger partial charge < -0.3 is 10.1 Å². The molecule has 0 amide bonds. The maximum absolute atomic E-state index is 5.88. The molecule has 0 saturated carbocycles. The van der Waals surface area contributed by atoms with Crippen LogP contribution in [0.4, 0.5) is 0 Å². The van der Waals surface area contributed by atoms with Gasteiger partial charge in [0.15, 0.2) is 0 Å². The predicted molar refractivity (Wildman–Crippen MR) is 78.2 cm³/mol. The highest BCUT2D eigenvalue weighted by Crippen LogP contribution is 2.28. The number of ether oxygens (including phenoxy) is 1. The molecule has 0 heterocycles. The van der Waals surface area contributed by atoms with E-state index in [9.17, 15) is 0 Å². The Morgan fingerprint density at radius 2 is 1.89 bits per heavy atom. The van der Waals surface area contributed by atoms with Crippen molar-refractivity contribution in [3.8, 4) is 5.75 Å². The summed E-state index contributed by atoms with van der Waals surface area (Å²) >= 11 is 0. The predicted octanol–water partition coefficient (Wildman–Crippen LogP) is 3.74. The zero-order valence-electron chi connectivity index (χ0n) is 12.6. The lowest BCUT2D eigenvalue weighted by atomic mass is 9.86. The van der Waals surface area contributed by atoms with Crippen LogP contribution in [-0.4, -0.2) is 13.7 Å². The van der Waals surface area contributed by atoms with E-state index in [-0.39, 0.29) is 5.41 Å². The molecule has 0 aromatic heterocycles. The van der Waals surface area contributed by atoms with Crippen LogP contribution in [0.15, 0.2) is 18.2 Å². The van der Waals surface area contributed by atoms with Gasteiger partial charge in [-0.1, -0.05) is 46.8 Å². The first kappa shape index (κ1) is 15.0. The van der Waals surface area contributed by atoms with Crippen molar-refractivity contribution in [2.75, 3.05) is 13.7 Å². The van der Waals surface area contributed by atoms with Gasteiger partial charge in [-0.25, -0.2) is 0 Å². The van der Waals surface area contributed by atoms with Crippen LogP contribution in [-0.2, 0) is 12.0 Å². The molecule has 0 bridgehead atoms. The minimum atomic E-state index is 0.180. The van der Waals surface area contributed by atoms with Crippen LogP contribution < -0.4 is 10.1 Å². The van der Waals surface area contributed by atoms with Crippen LogP contribution in [0, 0.1) is 5.92 Å². The summed E-state index contributed by atoms with van der Waals surface area (Å²) in [4.78, 5) is 0. The lowest BCUT2D eigenvalue weighted by molar-refractivity contribution is 0.268. The van der Waals surface area contributed by atoms with E-state index in [1.807, 2.05) is 7.05 Å².